The molecule has 0 aliphatic heterocycles. The molecule has 2 rings (SSSR count). The number of hydrogen-bond donors (Lipinski definition) is 0. The molecule has 2 aromatic rings. The van der Waals surface area contributed by atoms with Gasteiger partial charge in [0.1, 0.15) is 0 Å². The average molecular weight is 242 g/mol. The molecule has 0 aliphatic rings. The Bertz CT molecular complexity index is 576. The maximum absolute atomic E-state index is 12.0. The summed E-state index contributed by atoms with van der Waals surface area (Å²) in [6, 6.07) is 9.70. The second kappa shape index (κ2) is 5.27. The van der Waals surface area contributed by atoms with Gasteiger partial charge in [-0.2, -0.15) is 0 Å². The van der Waals surface area contributed by atoms with Crippen molar-refractivity contribution in [2.45, 2.75) is 13.3 Å². The molecular weight excluding hydrogens is 224 g/mol. The van der Waals surface area contributed by atoms with Gasteiger partial charge in [-0.3, -0.25) is 9.78 Å². The van der Waals surface area contributed by atoms with Crippen molar-refractivity contribution in [2.24, 2.45) is 0 Å². The maximum atomic E-state index is 12.0. The van der Waals surface area contributed by atoms with Crippen LogP contribution >= 0.6 is 0 Å². The lowest BCUT2D eigenvalue weighted by atomic mass is 10.0. The third-order valence-electron chi connectivity index (χ3n) is 2.94. The molecule has 1 heterocycles. The number of rotatable bonds is 4. The van der Waals surface area contributed by atoms with E-state index in [-0.39, 0.29) is 5.78 Å². The highest BCUT2D eigenvalue weighted by atomic mass is 16.1. The second-order valence-corrected chi connectivity index (χ2v) is 4.84. The van der Waals surface area contributed by atoms with Crippen LogP contribution in [-0.4, -0.2) is 36.3 Å². The Balaban J connectivity index is 2.24. The molecule has 18 heavy (non-hydrogen) atoms. The predicted octanol–water partition coefficient (Wildman–Crippen LogP) is 2.68. The average Bonchev–Trinajstić information content (AvgIpc) is 2.35. The van der Waals surface area contributed by atoms with Crippen LogP contribution < -0.4 is 0 Å². The molecule has 3 heteroatoms. The van der Waals surface area contributed by atoms with Crippen molar-refractivity contribution < 1.29 is 4.79 Å². The Kier molecular flexibility index (Phi) is 3.72. The van der Waals surface area contributed by atoms with Crippen molar-refractivity contribution in [3.05, 3.63) is 41.6 Å². The van der Waals surface area contributed by atoms with Gasteiger partial charge in [-0.15, -0.1) is 0 Å². The highest BCUT2D eigenvalue weighted by Crippen LogP contribution is 2.16. The van der Waals surface area contributed by atoms with E-state index >= 15 is 0 Å². The molecule has 0 aliphatic carbocycles. The topological polar surface area (TPSA) is 33.2 Å². The molecule has 1 aromatic carbocycles. The summed E-state index contributed by atoms with van der Waals surface area (Å²) in [5.74, 6) is 0.186. The fourth-order valence-corrected chi connectivity index (χ4v) is 1.87. The molecule has 0 N–H and O–H groups in total. The molecule has 0 radical (unpaired) electrons. The molecule has 0 unspecified atom stereocenters. The number of aromatic nitrogens is 1. The smallest absolute Gasteiger partial charge is 0.164 e. The zero-order valence-corrected chi connectivity index (χ0v) is 11.1. The van der Waals surface area contributed by atoms with Crippen molar-refractivity contribution in [1.29, 1.82) is 0 Å². The number of carbonyl (C=O) groups is 1. The first-order valence-electron chi connectivity index (χ1n) is 6.11. The Hall–Kier alpha value is -1.74. The van der Waals surface area contributed by atoms with Crippen LogP contribution in [0.5, 0.6) is 0 Å². The van der Waals surface area contributed by atoms with Gasteiger partial charge in [0.15, 0.2) is 5.78 Å². The van der Waals surface area contributed by atoms with E-state index in [0.29, 0.717) is 6.42 Å². The van der Waals surface area contributed by atoms with Crippen LogP contribution in [0.25, 0.3) is 10.9 Å². The fourth-order valence-electron chi connectivity index (χ4n) is 1.87. The van der Waals surface area contributed by atoms with E-state index in [2.05, 4.69) is 4.98 Å². The van der Waals surface area contributed by atoms with E-state index in [1.54, 1.807) is 0 Å². The highest BCUT2D eigenvalue weighted by molar-refractivity contribution is 5.99. The van der Waals surface area contributed by atoms with Crippen molar-refractivity contribution in [2.75, 3.05) is 20.6 Å². The van der Waals surface area contributed by atoms with Gasteiger partial charge < -0.3 is 4.90 Å². The minimum atomic E-state index is 0.186. The zero-order chi connectivity index (χ0) is 13.1. The molecule has 0 bridgehead atoms. The number of Topliss-reactive ketones (excluding diaryl/α,β-unsaturated/α-hetero) is 1. The number of benzene rings is 1. The lowest BCUT2D eigenvalue weighted by Gasteiger charge is -2.08. The van der Waals surface area contributed by atoms with Crippen LogP contribution in [0.2, 0.25) is 0 Å². The first-order valence-corrected chi connectivity index (χ1v) is 6.11. The summed E-state index contributed by atoms with van der Waals surface area (Å²) < 4.78 is 0. The van der Waals surface area contributed by atoms with Crippen LogP contribution in [-0.2, 0) is 0 Å². The number of carbonyl (C=O) groups excluding carboxylic acids is 1. The van der Waals surface area contributed by atoms with Gasteiger partial charge in [0.25, 0.3) is 0 Å². The molecule has 0 spiro atoms. The van der Waals surface area contributed by atoms with E-state index < -0.39 is 0 Å². The zero-order valence-electron chi connectivity index (χ0n) is 11.1. The molecule has 0 atom stereocenters. The molecule has 3 nitrogen and oxygen atoms in total. The summed E-state index contributed by atoms with van der Waals surface area (Å²) in [5, 5.41) is 1.02. The van der Waals surface area contributed by atoms with E-state index in [1.165, 1.54) is 0 Å². The second-order valence-electron chi connectivity index (χ2n) is 4.84. The molecule has 94 valence electrons. The number of nitrogens with zero attached hydrogens (tertiary/aromatic N) is 2. The van der Waals surface area contributed by atoms with E-state index in [1.807, 2.05) is 56.3 Å². The molecule has 0 saturated carbocycles. The molecular formula is C15H18N2O. The van der Waals surface area contributed by atoms with Gasteiger partial charge in [-0.05, 0) is 45.3 Å². The van der Waals surface area contributed by atoms with Crippen LogP contribution in [0, 0.1) is 6.92 Å². The Labute approximate surface area is 107 Å². The van der Waals surface area contributed by atoms with Gasteiger partial charge in [-0.1, -0.05) is 6.07 Å². The third kappa shape index (κ3) is 2.93. The number of aryl methyl sites for hydroxylation is 1. The van der Waals surface area contributed by atoms with Gasteiger partial charge in [0.2, 0.25) is 0 Å². The van der Waals surface area contributed by atoms with Crippen LogP contribution in [0.15, 0.2) is 30.3 Å². The largest absolute Gasteiger partial charge is 0.309 e. The lowest BCUT2D eigenvalue weighted by molar-refractivity contribution is 0.0972. The minimum absolute atomic E-state index is 0.186. The Morgan fingerprint density at radius 3 is 2.72 bits per heavy atom. The van der Waals surface area contributed by atoms with Crippen molar-refractivity contribution in [3.8, 4) is 0 Å². The van der Waals surface area contributed by atoms with Crippen molar-refractivity contribution in [1.82, 2.24) is 9.88 Å². The summed E-state index contributed by atoms with van der Waals surface area (Å²) in [6.07, 6.45) is 0.553. The number of pyridine rings is 1. The van der Waals surface area contributed by atoms with Crippen LogP contribution in [0.3, 0.4) is 0 Å². The molecule has 0 saturated heterocycles. The Morgan fingerprint density at radius 1 is 1.22 bits per heavy atom. The number of ketones is 1. The normalized spacial score (nSPS) is 11.1. The summed E-state index contributed by atoms with van der Waals surface area (Å²) in [5.41, 5.74) is 2.71. The molecule has 0 fully saturated rings. The van der Waals surface area contributed by atoms with E-state index in [4.69, 9.17) is 0 Å². The first kappa shape index (κ1) is 12.7. The predicted molar refractivity (Wildman–Crippen MR) is 74.0 cm³/mol. The fraction of sp³-hybridized carbons (Fsp3) is 0.333. The van der Waals surface area contributed by atoms with Crippen molar-refractivity contribution in [3.63, 3.8) is 0 Å². The number of fused-ring (bicyclic) bond motifs is 1. The minimum Gasteiger partial charge on any atom is -0.309 e. The van der Waals surface area contributed by atoms with Crippen LogP contribution in [0.1, 0.15) is 22.5 Å². The monoisotopic (exact) mass is 242 g/mol. The van der Waals surface area contributed by atoms with E-state index in [9.17, 15) is 4.79 Å². The third-order valence-corrected chi connectivity index (χ3v) is 2.94. The standard InChI is InChI=1S/C15H18N2O/c1-11-4-5-12-10-13(6-7-14(12)16-11)15(18)8-9-17(2)3/h4-7,10H,8-9H2,1-3H3. The quantitative estimate of drug-likeness (QED) is 0.773. The first-order chi connectivity index (χ1) is 8.56. The SMILES string of the molecule is Cc1ccc2cc(C(=O)CCN(C)C)ccc2n1. The van der Waals surface area contributed by atoms with Crippen LogP contribution in [0.4, 0.5) is 0 Å². The molecule has 0 amide bonds. The van der Waals surface area contributed by atoms with Gasteiger partial charge >= 0.3 is 0 Å². The highest BCUT2D eigenvalue weighted by Gasteiger charge is 2.07. The van der Waals surface area contributed by atoms with E-state index in [0.717, 1.165) is 28.7 Å². The molecule has 1 aromatic heterocycles. The summed E-state index contributed by atoms with van der Waals surface area (Å²) in [7, 11) is 3.95. The summed E-state index contributed by atoms with van der Waals surface area (Å²) in [4.78, 5) is 18.5. The maximum Gasteiger partial charge on any atom is 0.164 e. The van der Waals surface area contributed by atoms with Gasteiger partial charge in [0.05, 0.1) is 5.52 Å². The van der Waals surface area contributed by atoms with Gasteiger partial charge in [0, 0.05) is 29.6 Å². The lowest BCUT2D eigenvalue weighted by Crippen LogP contribution is -2.16. The van der Waals surface area contributed by atoms with Gasteiger partial charge in [-0.25, -0.2) is 0 Å². The summed E-state index contributed by atoms with van der Waals surface area (Å²) in [6.45, 7) is 2.75. The van der Waals surface area contributed by atoms with Crippen molar-refractivity contribution >= 4 is 16.7 Å². The number of hydrogen-bond acceptors (Lipinski definition) is 3. The Morgan fingerprint density at radius 2 is 2.00 bits per heavy atom. The summed E-state index contributed by atoms with van der Waals surface area (Å²) >= 11 is 0.